The van der Waals surface area contributed by atoms with Crippen LogP contribution < -0.4 is 10.6 Å². The van der Waals surface area contributed by atoms with E-state index in [0.29, 0.717) is 13.1 Å². The van der Waals surface area contributed by atoms with Crippen molar-refractivity contribution in [2.45, 2.75) is 45.7 Å². The van der Waals surface area contributed by atoms with Crippen LogP contribution in [0.4, 0.5) is 0 Å². The van der Waals surface area contributed by atoms with E-state index in [9.17, 15) is 9.59 Å². The highest BCUT2D eigenvalue weighted by atomic mass is 16.2. The highest BCUT2D eigenvalue weighted by Gasteiger charge is 2.32. The van der Waals surface area contributed by atoms with Crippen LogP contribution in [-0.4, -0.2) is 48.4 Å². The Morgan fingerprint density at radius 3 is 2.76 bits per heavy atom. The van der Waals surface area contributed by atoms with Crippen LogP contribution in [-0.2, 0) is 9.59 Å². The second kappa shape index (κ2) is 6.59. The summed E-state index contributed by atoms with van der Waals surface area (Å²) in [6.07, 6.45) is 1.70. The topological polar surface area (TPSA) is 61.4 Å². The Bertz CT molecular complexity index is 281. The number of nitrogens with one attached hydrogen (secondary N) is 2. The van der Waals surface area contributed by atoms with Crippen LogP contribution >= 0.6 is 0 Å². The minimum Gasteiger partial charge on any atom is -0.353 e. The first-order valence-electron chi connectivity index (χ1n) is 6.34. The first kappa shape index (κ1) is 14.0. The van der Waals surface area contributed by atoms with Gasteiger partial charge in [0.1, 0.15) is 6.04 Å². The maximum atomic E-state index is 11.9. The molecule has 0 spiro atoms. The molecule has 5 nitrogen and oxygen atoms in total. The standard InChI is InChI=1S/C12H23N3O2/c1-4-13-9(2)8-14-12(17)11-6-5-7-15(11)10(3)16/h9,11,13H,4-8H2,1-3H3,(H,14,17)/t9-,11?/m1/s1. The molecule has 1 saturated heterocycles. The third-order valence-corrected chi connectivity index (χ3v) is 3.09. The number of rotatable bonds is 5. The van der Waals surface area contributed by atoms with Crippen molar-refractivity contribution in [1.29, 1.82) is 0 Å². The molecule has 1 rings (SSSR count). The van der Waals surface area contributed by atoms with Gasteiger partial charge in [-0.3, -0.25) is 9.59 Å². The number of hydrogen-bond donors (Lipinski definition) is 2. The molecule has 0 bridgehead atoms. The molecule has 1 fully saturated rings. The molecule has 2 atom stereocenters. The number of carbonyl (C=O) groups excluding carboxylic acids is 2. The number of likely N-dealkylation sites (tertiary alicyclic amines) is 1. The molecule has 17 heavy (non-hydrogen) atoms. The molecule has 0 radical (unpaired) electrons. The zero-order valence-corrected chi connectivity index (χ0v) is 11.0. The van der Waals surface area contributed by atoms with Crippen molar-refractivity contribution in [3.05, 3.63) is 0 Å². The zero-order chi connectivity index (χ0) is 12.8. The molecule has 1 heterocycles. The van der Waals surface area contributed by atoms with Gasteiger partial charge in [-0.1, -0.05) is 6.92 Å². The van der Waals surface area contributed by atoms with Gasteiger partial charge in [-0.05, 0) is 26.3 Å². The van der Waals surface area contributed by atoms with E-state index in [1.807, 2.05) is 13.8 Å². The second-order valence-corrected chi connectivity index (χ2v) is 4.57. The van der Waals surface area contributed by atoms with E-state index in [1.165, 1.54) is 6.92 Å². The van der Waals surface area contributed by atoms with Gasteiger partial charge >= 0.3 is 0 Å². The fourth-order valence-corrected chi connectivity index (χ4v) is 2.21. The van der Waals surface area contributed by atoms with E-state index >= 15 is 0 Å². The Labute approximate surface area is 103 Å². The number of likely N-dealkylation sites (N-methyl/N-ethyl adjacent to an activating group) is 1. The molecule has 2 amide bonds. The zero-order valence-electron chi connectivity index (χ0n) is 11.0. The Morgan fingerprint density at radius 1 is 1.47 bits per heavy atom. The molecule has 0 aliphatic carbocycles. The van der Waals surface area contributed by atoms with Crippen LogP contribution in [0.5, 0.6) is 0 Å². The smallest absolute Gasteiger partial charge is 0.242 e. The summed E-state index contributed by atoms with van der Waals surface area (Å²) in [5, 5.41) is 6.13. The van der Waals surface area contributed by atoms with E-state index in [1.54, 1.807) is 4.90 Å². The Balaban J connectivity index is 2.39. The first-order chi connectivity index (χ1) is 8.06. The highest BCUT2D eigenvalue weighted by molar-refractivity contribution is 5.87. The molecule has 0 saturated carbocycles. The number of carbonyl (C=O) groups is 2. The van der Waals surface area contributed by atoms with Gasteiger partial charge in [0.15, 0.2) is 0 Å². The fraction of sp³-hybridized carbons (Fsp3) is 0.833. The second-order valence-electron chi connectivity index (χ2n) is 4.57. The highest BCUT2D eigenvalue weighted by Crippen LogP contribution is 2.17. The van der Waals surface area contributed by atoms with E-state index < -0.39 is 0 Å². The average molecular weight is 241 g/mol. The van der Waals surface area contributed by atoms with Crippen molar-refractivity contribution in [1.82, 2.24) is 15.5 Å². The van der Waals surface area contributed by atoms with Crippen molar-refractivity contribution in [2.75, 3.05) is 19.6 Å². The molecule has 98 valence electrons. The van der Waals surface area contributed by atoms with Gasteiger partial charge in [0.2, 0.25) is 11.8 Å². The number of amides is 2. The average Bonchev–Trinajstić information content (AvgIpc) is 2.75. The normalized spacial score (nSPS) is 21.4. The van der Waals surface area contributed by atoms with Gasteiger partial charge in [0, 0.05) is 26.1 Å². The largest absolute Gasteiger partial charge is 0.353 e. The first-order valence-corrected chi connectivity index (χ1v) is 6.34. The summed E-state index contributed by atoms with van der Waals surface area (Å²) in [6.45, 7) is 7.78. The predicted octanol–water partition coefficient (Wildman–Crippen LogP) is 0.112. The quantitative estimate of drug-likeness (QED) is 0.718. The van der Waals surface area contributed by atoms with Crippen LogP contribution in [0, 0.1) is 0 Å². The summed E-state index contributed by atoms with van der Waals surface area (Å²) in [4.78, 5) is 24.9. The van der Waals surface area contributed by atoms with Crippen molar-refractivity contribution >= 4 is 11.8 Å². The lowest BCUT2D eigenvalue weighted by atomic mass is 10.2. The predicted molar refractivity (Wildman–Crippen MR) is 66.6 cm³/mol. The van der Waals surface area contributed by atoms with Crippen LogP contribution in [0.25, 0.3) is 0 Å². The molecule has 0 aromatic carbocycles. The molecular formula is C12H23N3O2. The molecule has 5 heteroatoms. The maximum Gasteiger partial charge on any atom is 0.242 e. The molecule has 0 aromatic rings. The molecule has 0 aromatic heterocycles. The van der Waals surface area contributed by atoms with Gasteiger partial charge in [0.25, 0.3) is 0 Å². The van der Waals surface area contributed by atoms with E-state index in [0.717, 1.165) is 19.4 Å². The molecule has 2 N–H and O–H groups in total. The number of nitrogens with zero attached hydrogens (tertiary/aromatic N) is 1. The Hall–Kier alpha value is -1.10. The number of hydrogen-bond acceptors (Lipinski definition) is 3. The summed E-state index contributed by atoms with van der Waals surface area (Å²) < 4.78 is 0. The van der Waals surface area contributed by atoms with E-state index in [-0.39, 0.29) is 23.9 Å². The van der Waals surface area contributed by atoms with Crippen molar-refractivity contribution in [3.63, 3.8) is 0 Å². The van der Waals surface area contributed by atoms with Gasteiger partial charge in [-0.2, -0.15) is 0 Å². The van der Waals surface area contributed by atoms with Crippen LogP contribution in [0.2, 0.25) is 0 Å². The van der Waals surface area contributed by atoms with Crippen LogP contribution in [0.3, 0.4) is 0 Å². The summed E-state index contributed by atoms with van der Waals surface area (Å²) in [7, 11) is 0. The minimum atomic E-state index is -0.263. The SMILES string of the molecule is CCN[C@H](C)CNC(=O)C1CCCN1C(C)=O. The monoisotopic (exact) mass is 241 g/mol. The van der Waals surface area contributed by atoms with Gasteiger partial charge in [-0.15, -0.1) is 0 Å². The third-order valence-electron chi connectivity index (χ3n) is 3.09. The van der Waals surface area contributed by atoms with Crippen molar-refractivity contribution in [3.8, 4) is 0 Å². The van der Waals surface area contributed by atoms with Crippen molar-refractivity contribution < 1.29 is 9.59 Å². The van der Waals surface area contributed by atoms with Gasteiger partial charge in [-0.25, -0.2) is 0 Å². The lowest BCUT2D eigenvalue weighted by molar-refractivity contribution is -0.136. The maximum absolute atomic E-state index is 11.9. The van der Waals surface area contributed by atoms with Crippen molar-refractivity contribution in [2.24, 2.45) is 0 Å². The third kappa shape index (κ3) is 4.00. The molecule has 1 unspecified atom stereocenters. The molecule has 1 aliphatic heterocycles. The molecule has 1 aliphatic rings. The van der Waals surface area contributed by atoms with E-state index in [4.69, 9.17) is 0 Å². The molecular weight excluding hydrogens is 218 g/mol. The fourth-order valence-electron chi connectivity index (χ4n) is 2.21. The Kier molecular flexibility index (Phi) is 5.41. The van der Waals surface area contributed by atoms with Crippen LogP contribution in [0.15, 0.2) is 0 Å². The Morgan fingerprint density at radius 2 is 2.18 bits per heavy atom. The van der Waals surface area contributed by atoms with Gasteiger partial charge < -0.3 is 15.5 Å². The summed E-state index contributed by atoms with van der Waals surface area (Å²) in [6, 6.07) is -0.00235. The van der Waals surface area contributed by atoms with Crippen LogP contribution in [0.1, 0.15) is 33.6 Å². The van der Waals surface area contributed by atoms with Gasteiger partial charge in [0.05, 0.1) is 0 Å². The summed E-state index contributed by atoms with van der Waals surface area (Å²) in [5.74, 6) is -0.0372. The van der Waals surface area contributed by atoms with E-state index in [2.05, 4.69) is 10.6 Å². The lowest BCUT2D eigenvalue weighted by Gasteiger charge is -2.23. The minimum absolute atomic E-state index is 0.0117. The summed E-state index contributed by atoms with van der Waals surface area (Å²) >= 11 is 0. The lowest BCUT2D eigenvalue weighted by Crippen LogP contribution is -2.48. The summed E-state index contributed by atoms with van der Waals surface area (Å²) in [5.41, 5.74) is 0.